The van der Waals surface area contributed by atoms with E-state index >= 15 is 0 Å². The molecule has 0 aliphatic carbocycles. The van der Waals surface area contributed by atoms with Gasteiger partial charge < -0.3 is 9.47 Å². The number of carbonyl (C=O) groups excluding carboxylic acids is 1. The number of Topliss-reactive ketones (excluding diaryl/α,β-unsaturated/α-hetero) is 1. The molecule has 0 aromatic rings. The fraction of sp³-hybridized carbons (Fsp3) is 0.900. The molecule has 3 heteroatoms. The Balaban J connectivity index is 2.41. The minimum Gasteiger partial charge on any atom is -0.353 e. The second-order valence-electron chi connectivity index (χ2n) is 3.98. The number of ketones is 1. The second-order valence-corrected chi connectivity index (χ2v) is 3.98. The second kappa shape index (κ2) is 4.20. The Morgan fingerprint density at radius 2 is 2.15 bits per heavy atom. The Bertz CT molecular complexity index is 181. The largest absolute Gasteiger partial charge is 0.353 e. The molecule has 3 nitrogen and oxygen atoms in total. The topological polar surface area (TPSA) is 35.5 Å². The molecule has 1 aliphatic rings. The summed E-state index contributed by atoms with van der Waals surface area (Å²) in [5, 5.41) is 0. The monoisotopic (exact) mass is 186 g/mol. The van der Waals surface area contributed by atoms with Gasteiger partial charge in [-0.25, -0.2) is 0 Å². The molecule has 0 radical (unpaired) electrons. The van der Waals surface area contributed by atoms with E-state index in [1.807, 2.05) is 0 Å². The quantitative estimate of drug-likeness (QED) is 0.675. The van der Waals surface area contributed by atoms with Crippen LogP contribution in [-0.2, 0) is 14.3 Å². The van der Waals surface area contributed by atoms with E-state index in [4.69, 9.17) is 9.47 Å². The standard InChI is InChI=1S/C10H18O3/c1-8(11)10(2,3)13-9-6-4-5-7-12-9/h9H,4-7H2,1-3H3. The fourth-order valence-corrected chi connectivity index (χ4v) is 1.22. The molecule has 1 atom stereocenters. The third kappa shape index (κ3) is 3.08. The van der Waals surface area contributed by atoms with Crippen molar-refractivity contribution in [1.29, 1.82) is 0 Å². The highest BCUT2D eigenvalue weighted by Gasteiger charge is 2.29. The lowest BCUT2D eigenvalue weighted by Crippen LogP contribution is -2.39. The minimum atomic E-state index is -0.706. The molecule has 1 rings (SSSR count). The van der Waals surface area contributed by atoms with Crippen LogP contribution >= 0.6 is 0 Å². The molecule has 13 heavy (non-hydrogen) atoms. The first-order chi connectivity index (χ1) is 6.02. The third-order valence-electron chi connectivity index (χ3n) is 2.41. The zero-order chi connectivity index (χ0) is 9.90. The summed E-state index contributed by atoms with van der Waals surface area (Å²) in [5.74, 6) is 0.0432. The van der Waals surface area contributed by atoms with Crippen LogP contribution < -0.4 is 0 Å². The van der Waals surface area contributed by atoms with Crippen LogP contribution in [-0.4, -0.2) is 24.3 Å². The number of hydrogen-bond acceptors (Lipinski definition) is 3. The zero-order valence-electron chi connectivity index (χ0n) is 8.63. The van der Waals surface area contributed by atoms with Crippen LogP contribution in [0.25, 0.3) is 0 Å². The van der Waals surface area contributed by atoms with E-state index in [2.05, 4.69) is 0 Å². The molecule has 0 spiro atoms. The van der Waals surface area contributed by atoms with Crippen LogP contribution in [0.3, 0.4) is 0 Å². The summed E-state index contributed by atoms with van der Waals surface area (Å²) < 4.78 is 11.0. The lowest BCUT2D eigenvalue weighted by Gasteiger charge is -2.30. The van der Waals surface area contributed by atoms with Crippen molar-refractivity contribution in [1.82, 2.24) is 0 Å². The molecule has 1 saturated heterocycles. The van der Waals surface area contributed by atoms with E-state index in [0.29, 0.717) is 0 Å². The highest BCUT2D eigenvalue weighted by molar-refractivity contribution is 5.83. The van der Waals surface area contributed by atoms with E-state index in [-0.39, 0.29) is 12.1 Å². The van der Waals surface area contributed by atoms with Crippen molar-refractivity contribution in [3.05, 3.63) is 0 Å². The summed E-state index contributed by atoms with van der Waals surface area (Å²) in [6, 6.07) is 0. The van der Waals surface area contributed by atoms with E-state index < -0.39 is 5.60 Å². The van der Waals surface area contributed by atoms with Gasteiger partial charge in [0.25, 0.3) is 0 Å². The Hall–Kier alpha value is -0.410. The summed E-state index contributed by atoms with van der Waals surface area (Å²) in [5.41, 5.74) is -0.706. The normalized spacial score (nSPS) is 24.4. The first-order valence-electron chi connectivity index (χ1n) is 4.83. The Labute approximate surface area is 79.4 Å². The first-order valence-corrected chi connectivity index (χ1v) is 4.83. The molecule has 0 saturated carbocycles. The van der Waals surface area contributed by atoms with Gasteiger partial charge in [-0.05, 0) is 40.0 Å². The number of carbonyl (C=O) groups is 1. The van der Waals surface area contributed by atoms with Gasteiger partial charge in [0.05, 0.1) is 0 Å². The highest BCUT2D eigenvalue weighted by Crippen LogP contribution is 2.20. The smallest absolute Gasteiger partial charge is 0.161 e. The molecule has 0 aromatic carbocycles. The third-order valence-corrected chi connectivity index (χ3v) is 2.41. The van der Waals surface area contributed by atoms with Crippen molar-refractivity contribution in [3.63, 3.8) is 0 Å². The van der Waals surface area contributed by atoms with Gasteiger partial charge in [-0.15, -0.1) is 0 Å². The van der Waals surface area contributed by atoms with E-state index in [0.717, 1.165) is 25.9 Å². The minimum absolute atomic E-state index is 0.0432. The fourth-order valence-electron chi connectivity index (χ4n) is 1.22. The van der Waals surface area contributed by atoms with Crippen molar-refractivity contribution in [2.45, 2.75) is 51.9 Å². The van der Waals surface area contributed by atoms with Crippen LogP contribution in [0.5, 0.6) is 0 Å². The van der Waals surface area contributed by atoms with Crippen LogP contribution in [0, 0.1) is 0 Å². The summed E-state index contributed by atoms with van der Waals surface area (Å²) >= 11 is 0. The van der Waals surface area contributed by atoms with Gasteiger partial charge in [0.1, 0.15) is 5.60 Å². The Morgan fingerprint density at radius 3 is 2.62 bits per heavy atom. The van der Waals surface area contributed by atoms with Gasteiger partial charge in [-0.2, -0.15) is 0 Å². The Morgan fingerprint density at radius 1 is 1.46 bits per heavy atom. The first kappa shape index (κ1) is 10.7. The molecule has 0 aromatic heterocycles. The van der Waals surface area contributed by atoms with Crippen LogP contribution in [0.2, 0.25) is 0 Å². The molecule has 1 aliphatic heterocycles. The molecule has 0 N–H and O–H groups in total. The van der Waals surface area contributed by atoms with Crippen LogP contribution in [0.15, 0.2) is 0 Å². The van der Waals surface area contributed by atoms with E-state index in [9.17, 15) is 4.79 Å². The van der Waals surface area contributed by atoms with Crippen molar-refractivity contribution < 1.29 is 14.3 Å². The number of rotatable bonds is 3. The lowest BCUT2D eigenvalue weighted by molar-refractivity contribution is -0.213. The molecule has 76 valence electrons. The van der Waals surface area contributed by atoms with Gasteiger partial charge in [0, 0.05) is 6.61 Å². The number of hydrogen-bond donors (Lipinski definition) is 0. The molecule has 0 bridgehead atoms. The van der Waals surface area contributed by atoms with Crippen molar-refractivity contribution in [2.24, 2.45) is 0 Å². The van der Waals surface area contributed by atoms with E-state index in [1.54, 1.807) is 20.8 Å². The van der Waals surface area contributed by atoms with Gasteiger partial charge in [-0.1, -0.05) is 0 Å². The van der Waals surface area contributed by atoms with Crippen molar-refractivity contribution >= 4 is 5.78 Å². The van der Waals surface area contributed by atoms with Gasteiger partial charge in [0.2, 0.25) is 0 Å². The summed E-state index contributed by atoms with van der Waals surface area (Å²) in [6.45, 7) is 5.86. The number of ether oxygens (including phenoxy) is 2. The lowest BCUT2D eigenvalue weighted by atomic mass is 10.1. The van der Waals surface area contributed by atoms with Crippen LogP contribution in [0.4, 0.5) is 0 Å². The predicted molar refractivity (Wildman–Crippen MR) is 49.4 cm³/mol. The molecule has 0 amide bonds. The van der Waals surface area contributed by atoms with Gasteiger partial charge >= 0.3 is 0 Å². The highest BCUT2D eigenvalue weighted by atomic mass is 16.7. The van der Waals surface area contributed by atoms with Crippen molar-refractivity contribution in [3.8, 4) is 0 Å². The maximum atomic E-state index is 11.2. The molecule has 1 unspecified atom stereocenters. The zero-order valence-corrected chi connectivity index (χ0v) is 8.63. The SMILES string of the molecule is CC(=O)C(C)(C)OC1CCCCO1. The molecule has 1 heterocycles. The molecular weight excluding hydrogens is 168 g/mol. The summed E-state index contributed by atoms with van der Waals surface area (Å²) in [4.78, 5) is 11.2. The summed E-state index contributed by atoms with van der Waals surface area (Å²) in [7, 11) is 0. The maximum Gasteiger partial charge on any atom is 0.161 e. The Kier molecular flexibility index (Phi) is 3.45. The van der Waals surface area contributed by atoms with Crippen LogP contribution in [0.1, 0.15) is 40.0 Å². The van der Waals surface area contributed by atoms with Gasteiger partial charge in [0.15, 0.2) is 12.1 Å². The van der Waals surface area contributed by atoms with Gasteiger partial charge in [-0.3, -0.25) is 4.79 Å². The van der Waals surface area contributed by atoms with Crippen molar-refractivity contribution in [2.75, 3.05) is 6.61 Å². The maximum absolute atomic E-state index is 11.2. The average molecular weight is 186 g/mol. The summed E-state index contributed by atoms with van der Waals surface area (Å²) in [6.07, 6.45) is 2.93. The average Bonchev–Trinajstić information content (AvgIpc) is 2.05. The van der Waals surface area contributed by atoms with E-state index in [1.165, 1.54) is 0 Å². The predicted octanol–water partition coefficient (Wildman–Crippen LogP) is 1.90. The molecule has 1 fully saturated rings. The molecular formula is C10H18O3.